The van der Waals surface area contributed by atoms with Crippen LogP contribution >= 0.6 is 7.82 Å². The maximum Gasteiger partial charge on any atom is 0.470 e. The average Bonchev–Trinajstić information content (AvgIpc) is 2.24. The van der Waals surface area contributed by atoms with Crippen molar-refractivity contribution in [3.63, 3.8) is 0 Å². The first-order chi connectivity index (χ1) is 7.53. The molecular weight excluding hydrogens is 227 g/mol. The first kappa shape index (κ1) is 13.4. The molecule has 0 spiro atoms. The van der Waals surface area contributed by atoms with Gasteiger partial charge in [-0.2, -0.15) is 0 Å². The van der Waals surface area contributed by atoms with Crippen LogP contribution in [0.25, 0.3) is 0 Å². The topological polar surface area (TPSA) is 66.8 Å². The third-order valence-corrected chi connectivity index (χ3v) is 2.78. The van der Waals surface area contributed by atoms with Crippen molar-refractivity contribution in [2.75, 3.05) is 0 Å². The molecule has 90 valence electrons. The Labute approximate surface area is 95.5 Å². The Morgan fingerprint density at radius 1 is 1.31 bits per heavy atom. The monoisotopic (exact) mass is 244 g/mol. The van der Waals surface area contributed by atoms with Crippen LogP contribution in [0, 0.1) is 0 Å². The molecular formula is C11H17O4P. The van der Waals surface area contributed by atoms with Crippen LogP contribution in [0.15, 0.2) is 30.3 Å². The molecule has 0 bridgehead atoms. The normalized spacial score (nSPS) is 13.7. The smallest absolute Gasteiger partial charge is 0.303 e. The minimum Gasteiger partial charge on any atom is -0.303 e. The van der Waals surface area contributed by atoms with E-state index in [-0.39, 0.29) is 0 Å². The quantitative estimate of drug-likeness (QED) is 0.755. The predicted octanol–water partition coefficient (Wildman–Crippen LogP) is 3.03. The molecule has 1 aromatic carbocycles. The van der Waals surface area contributed by atoms with Gasteiger partial charge in [0.2, 0.25) is 0 Å². The van der Waals surface area contributed by atoms with E-state index in [0.29, 0.717) is 6.42 Å². The van der Waals surface area contributed by atoms with E-state index < -0.39 is 13.9 Å². The summed E-state index contributed by atoms with van der Waals surface area (Å²) in [6, 6.07) is 9.15. The fraction of sp³-hybridized carbons (Fsp3) is 0.455. The Morgan fingerprint density at radius 3 is 2.44 bits per heavy atom. The zero-order valence-corrected chi connectivity index (χ0v) is 10.1. The highest BCUT2D eigenvalue weighted by molar-refractivity contribution is 7.46. The van der Waals surface area contributed by atoms with Gasteiger partial charge in [0.05, 0.1) is 6.10 Å². The number of phosphoric ester groups is 1. The summed E-state index contributed by atoms with van der Waals surface area (Å²) >= 11 is 0. The van der Waals surface area contributed by atoms with Crippen molar-refractivity contribution in [1.82, 2.24) is 0 Å². The fourth-order valence-corrected chi connectivity index (χ4v) is 2.06. The number of benzene rings is 1. The Balaban J connectivity index is 2.75. The molecule has 0 saturated heterocycles. The van der Waals surface area contributed by atoms with E-state index in [1.54, 1.807) is 0 Å². The van der Waals surface area contributed by atoms with Crippen LogP contribution in [0.1, 0.15) is 37.9 Å². The number of unbranched alkanes of at least 4 members (excludes halogenated alkanes) is 1. The number of hydrogen-bond donors (Lipinski definition) is 2. The first-order valence-electron chi connectivity index (χ1n) is 5.32. The van der Waals surface area contributed by atoms with Crippen LogP contribution in [-0.2, 0) is 9.09 Å². The molecule has 16 heavy (non-hydrogen) atoms. The second-order valence-electron chi connectivity index (χ2n) is 3.64. The molecule has 0 saturated carbocycles. The molecule has 2 N–H and O–H groups in total. The summed E-state index contributed by atoms with van der Waals surface area (Å²) in [6.45, 7) is 2.03. The Morgan fingerprint density at radius 2 is 1.94 bits per heavy atom. The van der Waals surface area contributed by atoms with Gasteiger partial charge in [-0.25, -0.2) is 4.57 Å². The van der Waals surface area contributed by atoms with Crippen LogP contribution in [-0.4, -0.2) is 9.79 Å². The Bertz CT molecular complexity index is 346. The lowest BCUT2D eigenvalue weighted by Gasteiger charge is -2.18. The lowest BCUT2D eigenvalue weighted by atomic mass is 10.0. The lowest BCUT2D eigenvalue weighted by molar-refractivity contribution is 0.125. The molecule has 0 aliphatic rings. The second-order valence-corrected chi connectivity index (χ2v) is 4.83. The highest BCUT2D eigenvalue weighted by Crippen LogP contribution is 2.43. The summed E-state index contributed by atoms with van der Waals surface area (Å²) in [6.07, 6.45) is 1.93. The largest absolute Gasteiger partial charge is 0.470 e. The molecule has 4 nitrogen and oxygen atoms in total. The summed E-state index contributed by atoms with van der Waals surface area (Å²) in [5.41, 5.74) is 0.805. The number of hydrogen-bond acceptors (Lipinski definition) is 2. The van der Waals surface area contributed by atoms with Crippen molar-refractivity contribution in [3.05, 3.63) is 35.9 Å². The van der Waals surface area contributed by atoms with Crippen LogP contribution in [0.5, 0.6) is 0 Å². The van der Waals surface area contributed by atoms with Gasteiger partial charge in [0.1, 0.15) is 0 Å². The second kappa shape index (κ2) is 6.16. The molecule has 0 radical (unpaired) electrons. The highest BCUT2D eigenvalue weighted by Gasteiger charge is 2.22. The zero-order chi connectivity index (χ0) is 12.0. The van der Waals surface area contributed by atoms with Gasteiger partial charge in [0.15, 0.2) is 0 Å². The summed E-state index contributed by atoms with van der Waals surface area (Å²) in [5, 5.41) is 0. The van der Waals surface area contributed by atoms with Gasteiger partial charge in [-0.15, -0.1) is 0 Å². The standard InChI is InChI=1S/C11H17O4P/c1-2-3-9-11(15-16(12,13)14)10-7-5-4-6-8-10/h4-8,11H,2-3,9H2,1H3,(H2,12,13,14). The first-order valence-corrected chi connectivity index (χ1v) is 6.85. The van der Waals surface area contributed by atoms with Gasteiger partial charge in [-0.05, 0) is 12.0 Å². The van der Waals surface area contributed by atoms with Gasteiger partial charge in [0, 0.05) is 0 Å². The molecule has 0 amide bonds. The van der Waals surface area contributed by atoms with Crippen molar-refractivity contribution in [2.45, 2.75) is 32.3 Å². The summed E-state index contributed by atoms with van der Waals surface area (Å²) in [7, 11) is -4.43. The summed E-state index contributed by atoms with van der Waals surface area (Å²) < 4.78 is 15.6. The minimum atomic E-state index is -4.43. The van der Waals surface area contributed by atoms with Crippen molar-refractivity contribution < 1.29 is 18.9 Å². The molecule has 1 rings (SSSR count). The van der Waals surface area contributed by atoms with E-state index in [1.807, 2.05) is 37.3 Å². The van der Waals surface area contributed by atoms with Crippen LogP contribution in [0.4, 0.5) is 0 Å². The molecule has 1 aromatic rings. The zero-order valence-electron chi connectivity index (χ0n) is 9.24. The van der Waals surface area contributed by atoms with E-state index in [0.717, 1.165) is 18.4 Å². The van der Waals surface area contributed by atoms with Gasteiger partial charge in [0.25, 0.3) is 0 Å². The van der Waals surface area contributed by atoms with Gasteiger partial charge >= 0.3 is 7.82 Å². The van der Waals surface area contributed by atoms with Crippen LogP contribution in [0.2, 0.25) is 0 Å². The van der Waals surface area contributed by atoms with E-state index >= 15 is 0 Å². The van der Waals surface area contributed by atoms with Gasteiger partial charge in [-0.1, -0.05) is 50.1 Å². The molecule has 0 aromatic heterocycles. The predicted molar refractivity (Wildman–Crippen MR) is 61.8 cm³/mol. The highest BCUT2D eigenvalue weighted by atomic mass is 31.2. The SMILES string of the molecule is CCCCC(OP(=O)(O)O)c1ccccc1. The Kier molecular flexibility index (Phi) is 5.16. The number of phosphoric acid groups is 1. The Hall–Kier alpha value is -0.670. The van der Waals surface area contributed by atoms with Gasteiger partial charge in [-0.3, -0.25) is 4.52 Å². The third kappa shape index (κ3) is 4.90. The van der Waals surface area contributed by atoms with E-state index in [2.05, 4.69) is 0 Å². The van der Waals surface area contributed by atoms with Gasteiger partial charge < -0.3 is 9.79 Å². The average molecular weight is 244 g/mol. The van der Waals surface area contributed by atoms with Crippen molar-refractivity contribution in [1.29, 1.82) is 0 Å². The van der Waals surface area contributed by atoms with Crippen molar-refractivity contribution in [2.24, 2.45) is 0 Å². The number of rotatable bonds is 6. The maximum atomic E-state index is 10.9. The third-order valence-electron chi connectivity index (χ3n) is 2.26. The molecule has 5 heteroatoms. The van der Waals surface area contributed by atoms with E-state index in [4.69, 9.17) is 14.3 Å². The fourth-order valence-electron chi connectivity index (χ4n) is 1.50. The molecule has 0 aliphatic carbocycles. The minimum absolute atomic E-state index is 0.526. The van der Waals surface area contributed by atoms with E-state index in [1.165, 1.54) is 0 Å². The molecule has 0 aliphatic heterocycles. The van der Waals surface area contributed by atoms with Crippen LogP contribution in [0.3, 0.4) is 0 Å². The molecule has 1 atom stereocenters. The van der Waals surface area contributed by atoms with Crippen molar-refractivity contribution in [3.8, 4) is 0 Å². The molecule has 0 heterocycles. The molecule has 1 unspecified atom stereocenters. The summed E-state index contributed by atoms with van der Waals surface area (Å²) in [5.74, 6) is 0. The van der Waals surface area contributed by atoms with E-state index in [9.17, 15) is 4.57 Å². The van der Waals surface area contributed by atoms with Crippen molar-refractivity contribution >= 4 is 7.82 Å². The maximum absolute atomic E-state index is 10.9. The lowest BCUT2D eigenvalue weighted by Crippen LogP contribution is -2.02. The van der Waals surface area contributed by atoms with Crippen LogP contribution < -0.4 is 0 Å². The molecule has 0 fully saturated rings. The summed E-state index contributed by atoms with van der Waals surface area (Å²) in [4.78, 5) is 17.7.